The van der Waals surface area contributed by atoms with Crippen LogP contribution in [0.1, 0.15) is 26.3 Å². The second-order valence-electron chi connectivity index (χ2n) is 3.90. The maximum absolute atomic E-state index is 12.4. The van der Waals surface area contributed by atoms with Crippen LogP contribution in [-0.2, 0) is 10.3 Å². The Bertz CT molecular complexity index is 461. The van der Waals surface area contributed by atoms with E-state index in [1.54, 1.807) is 7.05 Å². The summed E-state index contributed by atoms with van der Waals surface area (Å²) in [6, 6.07) is 9.63. The molecule has 1 N–H and O–H groups in total. The molecular formula is C14H21N3OS. The first-order valence-electron chi connectivity index (χ1n) is 6.35. The zero-order chi connectivity index (χ0) is 14.5. The lowest BCUT2D eigenvalue weighted by Crippen LogP contribution is -2.45. The number of rotatable bonds is 2. The van der Waals surface area contributed by atoms with Crippen molar-refractivity contribution in [2.45, 2.75) is 26.3 Å². The summed E-state index contributed by atoms with van der Waals surface area (Å²) in [6.45, 7) is 5.85. The molecule has 5 heteroatoms. The van der Waals surface area contributed by atoms with Crippen LogP contribution in [0.5, 0.6) is 0 Å². The lowest BCUT2D eigenvalue weighted by atomic mass is 9.93. The number of thioether (sulfide) groups is 1. The highest BCUT2D eigenvalue weighted by Crippen LogP contribution is 2.34. The Balaban J connectivity index is 0.000000861. The van der Waals surface area contributed by atoms with Gasteiger partial charge in [-0.1, -0.05) is 55.9 Å². The number of hydrogen-bond donors (Lipinski definition) is 1. The second-order valence-corrected chi connectivity index (χ2v) is 4.67. The molecule has 19 heavy (non-hydrogen) atoms. The maximum Gasteiger partial charge on any atom is 0.275 e. The molecule has 0 spiro atoms. The van der Waals surface area contributed by atoms with Gasteiger partial charge in [-0.3, -0.25) is 4.79 Å². The van der Waals surface area contributed by atoms with Gasteiger partial charge < -0.3 is 0 Å². The first-order chi connectivity index (χ1) is 9.13. The maximum atomic E-state index is 12.4. The molecule has 0 aromatic heterocycles. The molecule has 1 atom stereocenters. The largest absolute Gasteiger partial charge is 0.275 e. The summed E-state index contributed by atoms with van der Waals surface area (Å²) in [5.41, 5.74) is 2.97. The van der Waals surface area contributed by atoms with Gasteiger partial charge in [0.05, 0.1) is 0 Å². The topological polar surface area (TPSA) is 44.7 Å². The summed E-state index contributed by atoms with van der Waals surface area (Å²) < 4.78 is 0. The fourth-order valence-electron chi connectivity index (χ4n) is 1.88. The van der Waals surface area contributed by atoms with Crippen LogP contribution in [0.4, 0.5) is 0 Å². The van der Waals surface area contributed by atoms with Crippen LogP contribution in [0.3, 0.4) is 0 Å². The minimum absolute atomic E-state index is 0.0458. The number of benzene rings is 1. The average molecular weight is 279 g/mol. The number of nitrogens with one attached hydrogen (secondary N) is 1. The minimum Gasteiger partial charge on any atom is -0.270 e. The third kappa shape index (κ3) is 2.82. The van der Waals surface area contributed by atoms with Gasteiger partial charge in [0.2, 0.25) is 0 Å². The van der Waals surface area contributed by atoms with Gasteiger partial charge in [0, 0.05) is 7.05 Å². The molecule has 1 amide bonds. The molecule has 104 valence electrons. The van der Waals surface area contributed by atoms with Gasteiger partial charge >= 0.3 is 0 Å². The molecule has 4 nitrogen and oxygen atoms in total. The fourth-order valence-corrected chi connectivity index (χ4v) is 2.51. The molecule has 1 aromatic carbocycles. The number of hydrazine groups is 1. The van der Waals surface area contributed by atoms with E-state index in [9.17, 15) is 4.79 Å². The van der Waals surface area contributed by atoms with Crippen molar-refractivity contribution >= 4 is 22.8 Å². The standard InChI is InChI=1S/C12H15N3OS.C2H6/c1-12(9-7-5-4-6-8-9)10(16)15(13-2)11(14-12)17-3;1-2/h4-8,13H,1-3H3;1-2H3. The Morgan fingerprint density at radius 1 is 1.26 bits per heavy atom. The number of nitrogens with zero attached hydrogens (tertiary/aromatic N) is 2. The monoisotopic (exact) mass is 279 g/mol. The van der Waals surface area contributed by atoms with Crippen LogP contribution in [0.15, 0.2) is 35.3 Å². The highest BCUT2D eigenvalue weighted by Gasteiger charge is 2.45. The van der Waals surface area contributed by atoms with Crippen LogP contribution >= 0.6 is 11.8 Å². The molecule has 1 aliphatic heterocycles. The van der Waals surface area contributed by atoms with Gasteiger partial charge in [0.15, 0.2) is 10.7 Å². The van der Waals surface area contributed by atoms with Gasteiger partial charge in [-0.25, -0.2) is 15.4 Å². The number of aliphatic imine (C=N–C) groups is 1. The molecule has 0 aliphatic carbocycles. The molecule has 1 aromatic rings. The van der Waals surface area contributed by atoms with E-state index in [2.05, 4.69) is 10.4 Å². The number of amidine groups is 1. The Kier molecular flexibility index (Phi) is 5.57. The zero-order valence-electron chi connectivity index (χ0n) is 12.1. The lowest BCUT2D eigenvalue weighted by molar-refractivity contribution is -0.132. The first-order valence-corrected chi connectivity index (χ1v) is 7.57. The van der Waals surface area contributed by atoms with E-state index >= 15 is 0 Å². The molecule has 1 heterocycles. The number of carbonyl (C=O) groups is 1. The normalized spacial score (nSPS) is 21.8. The van der Waals surface area contributed by atoms with Gasteiger partial charge in [0.25, 0.3) is 5.91 Å². The van der Waals surface area contributed by atoms with Crippen molar-refractivity contribution < 1.29 is 4.79 Å². The number of hydrogen-bond acceptors (Lipinski definition) is 4. The van der Waals surface area contributed by atoms with E-state index in [4.69, 9.17) is 0 Å². The Morgan fingerprint density at radius 2 is 1.84 bits per heavy atom. The van der Waals surface area contributed by atoms with Crippen LogP contribution in [0, 0.1) is 0 Å². The quantitative estimate of drug-likeness (QED) is 0.905. The fraction of sp³-hybridized carbons (Fsp3) is 0.429. The van der Waals surface area contributed by atoms with Crippen molar-refractivity contribution in [3.63, 3.8) is 0 Å². The molecular weight excluding hydrogens is 258 g/mol. The van der Waals surface area contributed by atoms with Crippen LogP contribution < -0.4 is 5.43 Å². The molecule has 0 fully saturated rings. The molecule has 0 radical (unpaired) electrons. The highest BCUT2D eigenvalue weighted by atomic mass is 32.2. The summed E-state index contributed by atoms with van der Waals surface area (Å²) in [6.07, 6.45) is 1.91. The minimum atomic E-state index is -0.817. The van der Waals surface area contributed by atoms with Crippen LogP contribution in [0.2, 0.25) is 0 Å². The number of carbonyl (C=O) groups excluding carboxylic acids is 1. The molecule has 2 rings (SSSR count). The van der Waals surface area contributed by atoms with E-state index in [0.29, 0.717) is 5.17 Å². The molecule has 0 saturated heterocycles. The lowest BCUT2D eigenvalue weighted by Gasteiger charge is -2.21. The Labute approximate surface area is 119 Å². The van der Waals surface area contributed by atoms with Gasteiger partial charge in [-0.2, -0.15) is 0 Å². The summed E-state index contributed by atoms with van der Waals surface area (Å²) in [7, 11) is 1.72. The Morgan fingerprint density at radius 3 is 2.26 bits per heavy atom. The molecule has 0 saturated carbocycles. The predicted octanol–water partition coefficient (Wildman–Crippen LogP) is 2.62. The summed E-state index contributed by atoms with van der Waals surface area (Å²) in [5, 5.41) is 2.20. The summed E-state index contributed by atoms with van der Waals surface area (Å²) >= 11 is 1.46. The van der Waals surface area contributed by atoms with E-state index in [0.717, 1.165) is 5.56 Å². The number of amides is 1. The van der Waals surface area contributed by atoms with Crippen molar-refractivity contribution in [1.29, 1.82) is 0 Å². The van der Waals surface area contributed by atoms with E-state index in [1.165, 1.54) is 16.8 Å². The first kappa shape index (κ1) is 15.7. The van der Waals surface area contributed by atoms with Crippen molar-refractivity contribution in [1.82, 2.24) is 10.4 Å². The van der Waals surface area contributed by atoms with Gasteiger partial charge in [-0.15, -0.1) is 0 Å². The molecule has 1 unspecified atom stereocenters. The smallest absolute Gasteiger partial charge is 0.270 e. The predicted molar refractivity (Wildman–Crippen MR) is 82.0 cm³/mol. The van der Waals surface area contributed by atoms with E-state index < -0.39 is 5.54 Å². The molecule has 1 aliphatic rings. The van der Waals surface area contributed by atoms with E-state index in [1.807, 2.05) is 57.4 Å². The second kappa shape index (κ2) is 6.73. The highest BCUT2D eigenvalue weighted by molar-refractivity contribution is 8.13. The van der Waals surface area contributed by atoms with Gasteiger partial charge in [0.1, 0.15) is 0 Å². The average Bonchev–Trinajstić information content (AvgIpc) is 2.74. The zero-order valence-corrected chi connectivity index (χ0v) is 12.9. The Hall–Kier alpha value is -1.33. The van der Waals surface area contributed by atoms with Crippen molar-refractivity contribution in [2.24, 2.45) is 4.99 Å². The van der Waals surface area contributed by atoms with Crippen molar-refractivity contribution in [3.05, 3.63) is 35.9 Å². The summed E-state index contributed by atoms with van der Waals surface area (Å²) in [4.78, 5) is 16.9. The van der Waals surface area contributed by atoms with Crippen LogP contribution in [0.25, 0.3) is 0 Å². The van der Waals surface area contributed by atoms with Crippen molar-refractivity contribution in [2.75, 3.05) is 13.3 Å². The SMILES string of the molecule is CC.CNN1C(=O)C(C)(c2ccccc2)N=C1SC. The third-order valence-corrected chi connectivity index (χ3v) is 3.51. The van der Waals surface area contributed by atoms with E-state index in [-0.39, 0.29) is 5.91 Å². The summed E-state index contributed by atoms with van der Waals surface area (Å²) in [5.74, 6) is -0.0458. The van der Waals surface area contributed by atoms with Crippen molar-refractivity contribution in [3.8, 4) is 0 Å². The van der Waals surface area contributed by atoms with Crippen LogP contribution in [-0.4, -0.2) is 29.4 Å². The molecule has 0 bridgehead atoms. The third-order valence-electron chi connectivity index (χ3n) is 2.87. The van der Waals surface area contributed by atoms with Gasteiger partial charge in [-0.05, 0) is 18.7 Å².